The second-order valence-electron chi connectivity index (χ2n) is 5.44. The van der Waals surface area contributed by atoms with Crippen molar-refractivity contribution in [1.29, 1.82) is 0 Å². The van der Waals surface area contributed by atoms with E-state index in [2.05, 4.69) is 12.2 Å². The number of likely N-dealkylation sites (tertiary alicyclic amines) is 1. The van der Waals surface area contributed by atoms with Gasteiger partial charge in [-0.2, -0.15) is 0 Å². The second-order valence-corrected chi connectivity index (χ2v) is 6.31. The van der Waals surface area contributed by atoms with E-state index in [-0.39, 0.29) is 11.9 Å². The lowest BCUT2D eigenvalue weighted by Crippen LogP contribution is -2.42. The minimum atomic E-state index is 0.0353. The van der Waals surface area contributed by atoms with E-state index in [4.69, 9.17) is 23.2 Å². The quantitative estimate of drug-likeness (QED) is 0.865. The van der Waals surface area contributed by atoms with Gasteiger partial charge in [0.2, 0.25) is 0 Å². The predicted octanol–water partition coefficient (Wildman–Crippen LogP) is 2.82. The molecule has 2 heterocycles. The number of amides is 1. The van der Waals surface area contributed by atoms with Crippen LogP contribution in [0.15, 0.2) is 18.2 Å². The topological polar surface area (TPSA) is 32.3 Å². The van der Waals surface area contributed by atoms with Crippen molar-refractivity contribution < 1.29 is 4.79 Å². The third kappa shape index (κ3) is 2.35. The van der Waals surface area contributed by atoms with Crippen LogP contribution in [0.1, 0.15) is 23.7 Å². The Kier molecular flexibility index (Phi) is 3.46. The van der Waals surface area contributed by atoms with Crippen molar-refractivity contribution in [3.05, 3.63) is 33.8 Å². The molecule has 1 aromatic rings. The third-order valence-electron chi connectivity index (χ3n) is 4.12. The summed E-state index contributed by atoms with van der Waals surface area (Å²) >= 11 is 12.0. The summed E-state index contributed by atoms with van der Waals surface area (Å²) < 4.78 is 0. The van der Waals surface area contributed by atoms with Crippen LogP contribution in [0.25, 0.3) is 0 Å². The zero-order valence-corrected chi connectivity index (χ0v) is 12.2. The minimum absolute atomic E-state index is 0.0353. The van der Waals surface area contributed by atoms with E-state index >= 15 is 0 Å². The number of hydrogen-bond acceptors (Lipinski definition) is 2. The molecule has 3 unspecified atom stereocenters. The Bertz CT molecular complexity index is 500. The van der Waals surface area contributed by atoms with Crippen LogP contribution >= 0.6 is 23.2 Å². The summed E-state index contributed by atoms with van der Waals surface area (Å²) in [6.07, 6.45) is 1.07. The maximum absolute atomic E-state index is 12.7. The summed E-state index contributed by atoms with van der Waals surface area (Å²) in [5, 5.41) is 4.36. The van der Waals surface area contributed by atoms with Gasteiger partial charge in [0.1, 0.15) is 0 Å². The van der Waals surface area contributed by atoms with Crippen molar-refractivity contribution in [2.75, 3.05) is 13.1 Å². The van der Waals surface area contributed by atoms with Crippen LogP contribution in [0.3, 0.4) is 0 Å². The van der Waals surface area contributed by atoms with Crippen LogP contribution in [-0.4, -0.2) is 36.0 Å². The predicted molar refractivity (Wildman–Crippen MR) is 76.9 cm³/mol. The summed E-state index contributed by atoms with van der Waals surface area (Å²) in [5.41, 5.74) is 0.580. The lowest BCUT2D eigenvalue weighted by atomic mass is 10.0. The van der Waals surface area contributed by atoms with Gasteiger partial charge < -0.3 is 10.2 Å². The Morgan fingerprint density at radius 3 is 2.63 bits per heavy atom. The highest BCUT2D eigenvalue weighted by Gasteiger charge is 2.44. The smallest absolute Gasteiger partial charge is 0.254 e. The summed E-state index contributed by atoms with van der Waals surface area (Å²) in [5.74, 6) is 0.613. The minimum Gasteiger partial charge on any atom is -0.331 e. The Morgan fingerprint density at radius 2 is 1.95 bits per heavy atom. The van der Waals surface area contributed by atoms with Gasteiger partial charge in [0.25, 0.3) is 5.91 Å². The van der Waals surface area contributed by atoms with Gasteiger partial charge >= 0.3 is 0 Å². The van der Waals surface area contributed by atoms with Crippen LogP contribution < -0.4 is 5.32 Å². The monoisotopic (exact) mass is 298 g/mol. The van der Waals surface area contributed by atoms with Crippen molar-refractivity contribution in [2.45, 2.75) is 25.4 Å². The highest BCUT2D eigenvalue weighted by Crippen LogP contribution is 2.34. The molecule has 0 radical (unpaired) electrons. The van der Waals surface area contributed by atoms with E-state index in [1.165, 1.54) is 0 Å². The normalized spacial score (nSPS) is 29.6. The van der Waals surface area contributed by atoms with Crippen molar-refractivity contribution >= 4 is 29.1 Å². The SMILES string of the molecule is CC1CC2CNCC2N1C(=O)c1cc(Cl)cc(Cl)c1. The molecule has 1 aromatic carbocycles. The van der Waals surface area contributed by atoms with Crippen molar-refractivity contribution in [1.82, 2.24) is 10.2 Å². The first-order valence-electron chi connectivity index (χ1n) is 6.55. The van der Waals surface area contributed by atoms with Gasteiger partial charge in [-0.15, -0.1) is 0 Å². The Morgan fingerprint density at radius 1 is 1.26 bits per heavy atom. The van der Waals surface area contributed by atoms with Gasteiger partial charge in [0.15, 0.2) is 0 Å². The van der Waals surface area contributed by atoms with Crippen LogP contribution in [0.2, 0.25) is 10.0 Å². The molecular weight excluding hydrogens is 283 g/mol. The molecule has 0 bridgehead atoms. The fourth-order valence-corrected chi connectivity index (χ4v) is 3.87. The molecule has 2 aliphatic heterocycles. The number of rotatable bonds is 1. The van der Waals surface area contributed by atoms with Crippen LogP contribution in [0.5, 0.6) is 0 Å². The summed E-state index contributed by atoms with van der Waals surface area (Å²) in [7, 11) is 0. The third-order valence-corrected chi connectivity index (χ3v) is 4.56. The number of hydrogen-bond donors (Lipinski definition) is 1. The zero-order valence-electron chi connectivity index (χ0n) is 10.7. The lowest BCUT2D eigenvalue weighted by Gasteiger charge is -2.27. The van der Waals surface area contributed by atoms with Gasteiger partial charge in [-0.1, -0.05) is 23.2 Å². The zero-order chi connectivity index (χ0) is 13.6. The second kappa shape index (κ2) is 4.97. The highest BCUT2D eigenvalue weighted by molar-refractivity contribution is 6.35. The maximum atomic E-state index is 12.7. The average molecular weight is 299 g/mol. The summed E-state index contributed by atoms with van der Waals surface area (Å²) in [4.78, 5) is 14.7. The molecule has 102 valence electrons. The number of carbonyl (C=O) groups is 1. The van der Waals surface area contributed by atoms with Crippen LogP contribution in [-0.2, 0) is 0 Å². The number of fused-ring (bicyclic) bond motifs is 1. The Hall–Kier alpha value is -0.770. The van der Waals surface area contributed by atoms with E-state index < -0.39 is 0 Å². The standard InChI is InChI=1S/C14H16Cl2N2O/c1-8-2-10-6-17-7-13(10)18(8)14(19)9-3-11(15)5-12(16)4-9/h3-5,8,10,13,17H,2,6-7H2,1H3. The number of carbonyl (C=O) groups excluding carboxylic acids is 1. The largest absolute Gasteiger partial charge is 0.331 e. The molecule has 3 rings (SSSR count). The molecular formula is C14H16Cl2N2O. The summed E-state index contributed by atoms with van der Waals surface area (Å²) in [6.45, 7) is 4.01. The van der Waals surface area contributed by atoms with Crippen molar-refractivity contribution in [2.24, 2.45) is 5.92 Å². The molecule has 5 heteroatoms. The molecule has 0 aliphatic carbocycles. The molecule has 3 atom stereocenters. The molecule has 0 spiro atoms. The molecule has 19 heavy (non-hydrogen) atoms. The van der Waals surface area contributed by atoms with Gasteiger partial charge in [0.05, 0.1) is 0 Å². The Labute approximate surface area is 122 Å². The number of halogens is 2. The Balaban J connectivity index is 1.90. The first-order valence-corrected chi connectivity index (χ1v) is 7.31. The number of nitrogens with one attached hydrogen (secondary N) is 1. The highest BCUT2D eigenvalue weighted by atomic mass is 35.5. The number of nitrogens with zero attached hydrogens (tertiary/aromatic N) is 1. The number of benzene rings is 1. The lowest BCUT2D eigenvalue weighted by molar-refractivity contribution is 0.0682. The first kappa shape index (κ1) is 13.2. The van der Waals surface area contributed by atoms with Gasteiger partial charge in [0, 0.05) is 40.8 Å². The van der Waals surface area contributed by atoms with Crippen LogP contribution in [0.4, 0.5) is 0 Å². The average Bonchev–Trinajstić information content (AvgIpc) is 2.86. The van der Waals surface area contributed by atoms with E-state index in [0.29, 0.717) is 27.6 Å². The van der Waals surface area contributed by atoms with Crippen molar-refractivity contribution in [3.8, 4) is 0 Å². The van der Waals surface area contributed by atoms with Gasteiger partial charge in [-0.25, -0.2) is 0 Å². The van der Waals surface area contributed by atoms with Crippen LogP contribution in [0, 0.1) is 5.92 Å². The molecule has 1 amide bonds. The fraction of sp³-hybridized carbons (Fsp3) is 0.500. The van der Waals surface area contributed by atoms with Gasteiger partial charge in [-0.05, 0) is 37.5 Å². The molecule has 0 aromatic heterocycles. The first-order chi connectivity index (χ1) is 9.06. The maximum Gasteiger partial charge on any atom is 0.254 e. The van der Waals surface area contributed by atoms with Gasteiger partial charge in [-0.3, -0.25) is 4.79 Å². The molecule has 2 fully saturated rings. The van der Waals surface area contributed by atoms with Crippen molar-refractivity contribution in [3.63, 3.8) is 0 Å². The molecule has 1 N–H and O–H groups in total. The van der Waals surface area contributed by atoms with E-state index in [0.717, 1.165) is 19.5 Å². The summed E-state index contributed by atoms with van der Waals surface area (Å²) in [6, 6.07) is 5.62. The van der Waals surface area contributed by atoms with E-state index in [1.807, 2.05) is 4.90 Å². The fourth-order valence-electron chi connectivity index (χ4n) is 3.34. The van der Waals surface area contributed by atoms with E-state index in [9.17, 15) is 4.79 Å². The molecule has 2 aliphatic rings. The van der Waals surface area contributed by atoms with E-state index in [1.54, 1.807) is 18.2 Å². The molecule has 2 saturated heterocycles. The molecule has 0 saturated carbocycles. The molecule has 3 nitrogen and oxygen atoms in total.